The molecule has 10 heteroatoms. The first-order valence-corrected chi connectivity index (χ1v) is 14.4. The normalized spacial score (nSPS) is 15.6. The van der Waals surface area contributed by atoms with E-state index in [1.165, 1.54) is 0 Å². The summed E-state index contributed by atoms with van der Waals surface area (Å²) >= 11 is 6.46. The van der Waals surface area contributed by atoms with Crippen LogP contribution in [0.2, 0.25) is 5.02 Å². The van der Waals surface area contributed by atoms with Crippen molar-refractivity contribution in [3.63, 3.8) is 0 Å². The minimum absolute atomic E-state index is 0.0922. The molecule has 0 radical (unpaired) electrons. The minimum Gasteiger partial charge on any atom is -0.490 e. The summed E-state index contributed by atoms with van der Waals surface area (Å²) < 4.78 is 34.8. The molecule has 3 rings (SSSR count). The summed E-state index contributed by atoms with van der Waals surface area (Å²) in [6.07, 6.45) is 2.78. The molecular formula is C31H45ClN2O7. The maximum Gasteiger partial charge on any atom is 0.253 e. The zero-order valence-electron chi connectivity index (χ0n) is 25.5. The van der Waals surface area contributed by atoms with Crippen LogP contribution in [0.15, 0.2) is 36.5 Å². The van der Waals surface area contributed by atoms with Crippen molar-refractivity contribution in [1.82, 2.24) is 9.88 Å². The Morgan fingerprint density at radius 2 is 1.54 bits per heavy atom. The van der Waals surface area contributed by atoms with Crippen LogP contribution in [-0.4, -0.2) is 80.4 Å². The lowest BCUT2D eigenvalue weighted by Crippen LogP contribution is -2.47. The van der Waals surface area contributed by atoms with Gasteiger partial charge in [0.05, 0.1) is 29.4 Å². The van der Waals surface area contributed by atoms with Gasteiger partial charge in [0.1, 0.15) is 42.8 Å². The molecule has 1 aromatic carbocycles. The van der Waals surface area contributed by atoms with E-state index in [-0.39, 0.29) is 23.9 Å². The van der Waals surface area contributed by atoms with Crippen LogP contribution in [0.5, 0.6) is 11.5 Å². The van der Waals surface area contributed by atoms with Crippen molar-refractivity contribution in [2.75, 3.05) is 53.4 Å². The van der Waals surface area contributed by atoms with Crippen molar-refractivity contribution < 1.29 is 33.2 Å². The molecular weight excluding hydrogens is 548 g/mol. The Balaban J connectivity index is 1.66. The molecule has 1 aromatic heterocycles. The quantitative estimate of drug-likeness (QED) is 0.211. The molecule has 9 nitrogen and oxygen atoms in total. The molecule has 1 aliphatic heterocycles. The first-order chi connectivity index (χ1) is 19.3. The van der Waals surface area contributed by atoms with Crippen molar-refractivity contribution >= 4 is 17.5 Å². The Bertz CT molecular complexity index is 1120. The van der Waals surface area contributed by atoms with Gasteiger partial charge in [-0.25, -0.2) is 0 Å². The number of hydrogen-bond acceptors (Lipinski definition) is 8. The number of pyridine rings is 1. The second-order valence-electron chi connectivity index (χ2n) is 12.0. The van der Waals surface area contributed by atoms with Gasteiger partial charge in [0.25, 0.3) is 5.91 Å². The lowest BCUT2D eigenvalue weighted by molar-refractivity contribution is -0.157. The summed E-state index contributed by atoms with van der Waals surface area (Å²) in [6, 6.07) is 8.83. The summed E-state index contributed by atoms with van der Waals surface area (Å²) in [5.74, 6) is 1.05. The number of ether oxygens (including phenoxy) is 6. The first-order valence-electron chi connectivity index (χ1n) is 14.0. The monoisotopic (exact) mass is 592 g/mol. The van der Waals surface area contributed by atoms with Gasteiger partial charge in [0.15, 0.2) is 0 Å². The fourth-order valence-corrected chi connectivity index (χ4v) is 4.71. The number of carbonyl (C=O) groups excluding carboxylic acids is 1. The number of methoxy groups -OCH3 is 1. The van der Waals surface area contributed by atoms with Crippen LogP contribution < -0.4 is 9.47 Å². The summed E-state index contributed by atoms with van der Waals surface area (Å²) in [5, 5.41) is 0.382. The van der Waals surface area contributed by atoms with Gasteiger partial charge in [0.2, 0.25) is 0 Å². The van der Waals surface area contributed by atoms with Gasteiger partial charge in [-0.2, -0.15) is 0 Å². The number of likely N-dealkylation sites (tertiary alicyclic amines) is 1. The van der Waals surface area contributed by atoms with Gasteiger partial charge in [0, 0.05) is 44.8 Å². The van der Waals surface area contributed by atoms with E-state index in [1.807, 2.05) is 53.7 Å². The average molecular weight is 593 g/mol. The summed E-state index contributed by atoms with van der Waals surface area (Å²) in [5.41, 5.74) is -0.0594. The zero-order chi connectivity index (χ0) is 30.1. The minimum atomic E-state index is -0.765. The van der Waals surface area contributed by atoms with Gasteiger partial charge in [-0.15, -0.1) is 0 Å². The molecule has 0 spiro atoms. The molecule has 0 saturated carbocycles. The smallest absolute Gasteiger partial charge is 0.253 e. The third-order valence-corrected chi connectivity index (χ3v) is 6.74. The predicted molar refractivity (Wildman–Crippen MR) is 158 cm³/mol. The lowest BCUT2D eigenvalue weighted by atomic mass is 9.86. The van der Waals surface area contributed by atoms with Crippen molar-refractivity contribution in [1.29, 1.82) is 0 Å². The van der Waals surface area contributed by atoms with Crippen LogP contribution in [0, 0.1) is 0 Å². The highest BCUT2D eigenvalue weighted by Gasteiger charge is 2.42. The Morgan fingerprint density at radius 3 is 2.10 bits per heavy atom. The number of aromatic nitrogens is 1. The maximum absolute atomic E-state index is 13.4. The maximum atomic E-state index is 13.4. The number of halogens is 1. The summed E-state index contributed by atoms with van der Waals surface area (Å²) in [6.45, 7) is 14.6. The van der Waals surface area contributed by atoms with Crippen LogP contribution >= 0.6 is 11.6 Å². The Labute approximate surface area is 249 Å². The van der Waals surface area contributed by atoms with Crippen molar-refractivity contribution in [2.24, 2.45) is 0 Å². The van der Waals surface area contributed by atoms with Gasteiger partial charge in [-0.3, -0.25) is 9.78 Å². The highest BCUT2D eigenvalue weighted by Crippen LogP contribution is 2.40. The van der Waals surface area contributed by atoms with Crippen LogP contribution in [0.25, 0.3) is 0 Å². The van der Waals surface area contributed by atoms with Gasteiger partial charge in [-0.1, -0.05) is 11.6 Å². The van der Waals surface area contributed by atoms with E-state index >= 15 is 0 Å². The molecule has 1 fully saturated rings. The van der Waals surface area contributed by atoms with Crippen molar-refractivity contribution in [2.45, 2.75) is 71.2 Å². The van der Waals surface area contributed by atoms with E-state index in [9.17, 15) is 4.79 Å². The summed E-state index contributed by atoms with van der Waals surface area (Å²) in [4.78, 5) is 19.9. The number of carbonyl (C=O) groups is 1. The zero-order valence-corrected chi connectivity index (χ0v) is 26.2. The molecule has 1 amide bonds. The molecule has 41 heavy (non-hydrogen) atoms. The van der Waals surface area contributed by atoms with Gasteiger partial charge >= 0.3 is 0 Å². The predicted octanol–water partition coefficient (Wildman–Crippen LogP) is 5.87. The molecule has 0 N–H and O–H groups in total. The average Bonchev–Trinajstić information content (AvgIpc) is 2.92. The number of nitrogens with zero attached hydrogens (tertiary/aromatic N) is 2. The largest absolute Gasteiger partial charge is 0.490 e. The van der Waals surface area contributed by atoms with E-state index in [2.05, 4.69) is 4.98 Å². The Hall–Kier alpha value is -2.43. The number of piperidine rings is 1. The number of hydrogen-bond donors (Lipinski definition) is 0. The van der Waals surface area contributed by atoms with E-state index < -0.39 is 5.60 Å². The Morgan fingerprint density at radius 1 is 0.927 bits per heavy atom. The van der Waals surface area contributed by atoms with Crippen molar-refractivity contribution in [3.05, 3.63) is 52.8 Å². The van der Waals surface area contributed by atoms with E-state index in [0.717, 1.165) is 0 Å². The van der Waals surface area contributed by atoms with E-state index in [0.29, 0.717) is 80.1 Å². The van der Waals surface area contributed by atoms with Gasteiger partial charge in [-0.05, 0) is 71.9 Å². The molecule has 0 bridgehead atoms. The number of rotatable bonds is 13. The fraction of sp³-hybridized carbons (Fsp3) is 0.613. The highest BCUT2D eigenvalue weighted by atomic mass is 35.5. The van der Waals surface area contributed by atoms with Crippen LogP contribution in [0.3, 0.4) is 0 Å². The summed E-state index contributed by atoms with van der Waals surface area (Å²) in [7, 11) is 1.58. The van der Waals surface area contributed by atoms with Gasteiger partial charge < -0.3 is 33.3 Å². The third-order valence-electron chi connectivity index (χ3n) is 6.44. The number of amides is 1. The second kappa shape index (κ2) is 14.6. The number of benzene rings is 1. The van der Waals surface area contributed by atoms with Crippen LogP contribution in [0.1, 0.15) is 70.4 Å². The first kappa shape index (κ1) is 33.1. The standard InChI is InChI=1S/C31H45ClN2O7/c1-29(2,3)39-19-17-37-25-11-10-23(21-24(25)32)28(35)34-15-12-31(13-16-34,41-22-36-7)27-26(9-8-14-33-27)38-18-20-40-30(4,5)6/h8-11,14,21H,12-13,15-20,22H2,1-7H3. The van der Waals surface area contributed by atoms with Crippen LogP contribution in [-0.2, 0) is 24.5 Å². The van der Waals surface area contributed by atoms with Crippen LogP contribution in [0.4, 0.5) is 0 Å². The molecule has 2 aromatic rings. The molecule has 0 unspecified atom stereocenters. The fourth-order valence-electron chi connectivity index (χ4n) is 4.47. The lowest BCUT2D eigenvalue weighted by Gasteiger charge is -2.41. The molecule has 2 heterocycles. The molecule has 1 saturated heterocycles. The molecule has 228 valence electrons. The SMILES string of the molecule is COCOC1(c2ncccc2OCCOC(C)(C)C)CCN(C(=O)c2ccc(OCCOC(C)(C)C)c(Cl)c2)CC1. The molecule has 1 aliphatic rings. The molecule has 0 atom stereocenters. The second-order valence-corrected chi connectivity index (χ2v) is 12.4. The van der Waals surface area contributed by atoms with Crippen molar-refractivity contribution in [3.8, 4) is 11.5 Å². The third kappa shape index (κ3) is 10.1. The highest BCUT2D eigenvalue weighted by molar-refractivity contribution is 6.32. The van der Waals surface area contributed by atoms with E-state index in [1.54, 1.807) is 36.4 Å². The Kier molecular flexibility index (Phi) is 11.8. The van der Waals surface area contributed by atoms with E-state index in [4.69, 9.17) is 40.0 Å². The molecule has 0 aliphatic carbocycles. The topological polar surface area (TPSA) is 88.6 Å².